The van der Waals surface area contributed by atoms with Gasteiger partial charge in [-0.05, 0) is 36.1 Å². The Morgan fingerprint density at radius 1 is 0.577 bits per heavy atom. The molecule has 7 heteroatoms. The number of aliphatic hydroxyl groups is 5. The van der Waals surface area contributed by atoms with Crippen LogP contribution in [0.4, 0.5) is 0 Å². The van der Waals surface area contributed by atoms with Gasteiger partial charge in [-0.2, -0.15) is 0 Å². The van der Waals surface area contributed by atoms with Gasteiger partial charge in [0, 0.05) is 16.9 Å². The van der Waals surface area contributed by atoms with E-state index >= 15 is 0 Å². The standard InChI is InChI=1S/C18H22O4S2.CH4O/c1-11-3-13(7-19)17(14(4-11)8-20)23-24-18-15(9-21)5-12(2)6-16(18)10-22;1-2/h3-6,19-22H,7-10H2,1-2H3;2H,1H3. The lowest BCUT2D eigenvalue weighted by molar-refractivity contribution is 0.269. The molecule has 144 valence electrons. The molecule has 0 amide bonds. The van der Waals surface area contributed by atoms with Crippen molar-refractivity contribution >= 4 is 21.6 Å². The molecule has 0 aliphatic carbocycles. The Morgan fingerprint density at radius 2 is 0.808 bits per heavy atom. The second-order valence-corrected chi connectivity index (χ2v) is 7.77. The van der Waals surface area contributed by atoms with Gasteiger partial charge < -0.3 is 25.5 Å². The van der Waals surface area contributed by atoms with E-state index in [4.69, 9.17) is 5.11 Å². The molecule has 0 saturated heterocycles. The Labute approximate surface area is 162 Å². The maximum atomic E-state index is 9.61. The molecular formula is C19H26O5S2. The molecule has 0 aliphatic heterocycles. The van der Waals surface area contributed by atoms with Gasteiger partial charge in [-0.1, -0.05) is 57.0 Å². The second kappa shape index (κ2) is 11.6. The van der Waals surface area contributed by atoms with Gasteiger partial charge in [-0.25, -0.2) is 0 Å². The molecule has 0 radical (unpaired) electrons. The molecule has 5 N–H and O–H groups in total. The third-order valence-corrected chi connectivity index (χ3v) is 6.38. The maximum Gasteiger partial charge on any atom is 0.0693 e. The minimum Gasteiger partial charge on any atom is -0.400 e. The maximum absolute atomic E-state index is 9.61. The molecule has 0 fully saturated rings. The van der Waals surface area contributed by atoms with Crippen molar-refractivity contribution in [2.24, 2.45) is 0 Å². The average molecular weight is 399 g/mol. The summed E-state index contributed by atoms with van der Waals surface area (Å²) in [5.74, 6) is 0. The summed E-state index contributed by atoms with van der Waals surface area (Å²) < 4.78 is 0. The van der Waals surface area contributed by atoms with Crippen LogP contribution in [-0.4, -0.2) is 32.6 Å². The Bertz CT molecular complexity index is 608. The summed E-state index contributed by atoms with van der Waals surface area (Å²) in [5, 5.41) is 45.5. The van der Waals surface area contributed by atoms with Gasteiger partial charge in [0.15, 0.2) is 0 Å². The summed E-state index contributed by atoms with van der Waals surface area (Å²) in [6.45, 7) is 3.42. The monoisotopic (exact) mass is 398 g/mol. The van der Waals surface area contributed by atoms with Crippen molar-refractivity contribution in [1.82, 2.24) is 0 Å². The summed E-state index contributed by atoms with van der Waals surface area (Å²) >= 11 is 0. The van der Waals surface area contributed by atoms with Crippen molar-refractivity contribution in [2.45, 2.75) is 50.1 Å². The van der Waals surface area contributed by atoms with E-state index in [1.807, 2.05) is 38.1 Å². The van der Waals surface area contributed by atoms with Crippen molar-refractivity contribution in [3.63, 3.8) is 0 Å². The van der Waals surface area contributed by atoms with Gasteiger partial charge in [0.05, 0.1) is 26.4 Å². The first-order valence-electron chi connectivity index (χ1n) is 8.01. The highest BCUT2D eigenvalue weighted by Crippen LogP contribution is 2.44. The third kappa shape index (κ3) is 5.72. The van der Waals surface area contributed by atoms with E-state index in [1.54, 1.807) is 0 Å². The molecule has 0 heterocycles. The SMILES string of the molecule is CO.Cc1cc(CO)c(SSc2c(CO)cc(C)cc2CO)c(CO)c1. The van der Waals surface area contributed by atoms with Crippen molar-refractivity contribution in [3.8, 4) is 0 Å². The molecule has 2 aromatic rings. The quantitative estimate of drug-likeness (QED) is 0.457. The lowest BCUT2D eigenvalue weighted by Gasteiger charge is -2.16. The van der Waals surface area contributed by atoms with E-state index in [2.05, 4.69) is 0 Å². The van der Waals surface area contributed by atoms with E-state index in [-0.39, 0.29) is 26.4 Å². The van der Waals surface area contributed by atoms with Crippen LogP contribution in [0, 0.1) is 13.8 Å². The fraction of sp³-hybridized carbons (Fsp3) is 0.368. The minimum atomic E-state index is -0.106. The number of benzene rings is 2. The molecule has 0 atom stereocenters. The molecule has 0 unspecified atom stereocenters. The van der Waals surface area contributed by atoms with Crippen molar-refractivity contribution < 1.29 is 25.5 Å². The van der Waals surface area contributed by atoms with Crippen molar-refractivity contribution in [1.29, 1.82) is 0 Å². The fourth-order valence-corrected chi connectivity index (χ4v) is 5.50. The van der Waals surface area contributed by atoms with Gasteiger partial charge in [0.1, 0.15) is 0 Å². The summed E-state index contributed by atoms with van der Waals surface area (Å²) in [6, 6.07) is 7.60. The fourth-order valence-electron chi connectivity index (χ4n) is 2.62. The summed E-state index contributed by atoms with van der Waals surface area (Å²) in [5.41, 5.74) is 5.03. The molecule has 0 saturated carbocycles. The van der Waals surface area contributed by atoms with Crippen LogP contribution in [0.5, 0.6) is 0 Å². The summed E-state index contributed by atoms with van der Waals surface area (Å²) in [6.07, 6.45) is 0. The number of hydrogen-bond acceptors (Lipinski definition) is 7. The molecule has 26 heavy (non-hydrogen) atoms. The van der Waals surface area contributed by atoms with E-state index < -0.39 is 0 Å². The van der Waals surface area contributed by atoms with Gasteiger partial charge in [-0.3, -0.25) is 0 Å². The number of aryl methyl sites for hydroxylation is 2. The number of rotatable bonds is 7. The first kappa shape index (κ1) is 23.0. The Balaban J connectivity index is 0.00000163. The molecule has 2 rings (SSSR count). The predicted molar refractivity (Wildman–Crippen MR) is 106 cm³/mol. The van der Waals surface area contributed by atoms with Crippen LogP contribution in [-0.2, 0) is 26.4 Å². The minimum absolute atomic E-state index is 0.106. The first-order valence-corrected chi connectivity index (χ1v) is 10.2. The molecule has 5 nitrogen and oxygen atoms in total. The largest absolute Gasteiger partial charge is 0.400 e. The molecule has 0 spiro atoms. The predicted octanol–water partition coefficient (Wildman–Crippen LogP) is 2.68. The summed E-state index contributed by atoms with van der Waals surface area (Å²) in [7, 11) is 3.85. The highest BCUT2D eigenvalue weighted by Gasteiger charge is 2.15. The Hall–Kier alpha value is -1.06. The van der Waals surface area contributed by atoms with E-state index in [1.165, 1.54) is 21.6 Å². The number of aliphatic hydroxyl groups excluding tert-OH is 5. The van der Waals surface area contributed by atoms with Gasteiger partial charge in [-0.15, -0.1) is 0 Å². The first-order chi connectivity index (χ1) is 12.5. The van der Waals surface area contributed by atoms with Crippen LogP contribution < -0.4 is 0 Å². The Kier molecular flexibility index (Phi) is 10.3. The smallest absolute Gasteiger partial charge is 0.0693 e. The third-order valence-electron chi connectivity index (χ3n) is 3.66. The van der Waals surface area contributed by atoms with E-state index in [0.29, 0.717) is 0 Å². The zero-order valence-corrected chi connectivity index (χ0v) is 16.8. The van der Waals surface area contributed by atoms with Crippen LogP contribution in [0.3, 0.4) is 0 Å². The number of hydrogen-bond donors (Lipinski definition) is 5. The van der Waals surface area contributed by atoms with Gasteiger partial charge in [0.2, 0.25) is 0 Å². The van der Waals surface area contributed by atoms with Crippen LogP contribution in [0.25, 0.3) is 0 Å². The normalized spacial score (nSPS) is 10.5. The zero-order chi connectivity index (χ0) is 19.7. The van der Waals surface area contributed by atoms with Gasteiger partial charge >= 0.3 is 0 Å². The van der Waals surface area contributed by atoms with Crippen LogP contribution in [0.15, 0.2) is 34.1 Å². The highest BCUT2D eigenvalue weighted by atomic mass is 33.1. The second-order valence-electron chi connectivity index (χ2n) is 5.62. The van der Waals surface area contributed by atoms with Gasteiger partial charge in [0.25, 0.3) is 0 Å². The van der Waals surface area contributed by atoms with Crippen LogP contribution >= 0.6 is 21.6 Å². The van der Waals surface area contributed by atoms with Crippen molar-refractivity contribution in [2.75, 3.05) is 7.11 Å². The Morgan fingerprint density at radius 3 is 1.00 bits per heavy atom. The zero-order valence-electron chi connectivity index (χ0n) is 15.2. The molecule has 0 aliphatic rings. The van der Waals surface area contributed by atoms with Crippen LogP contribution in [0.2, 0.25) is 0 Å². The molecular weight excluding hydrogens is 372 g/mol. The highest BCUT2D eigenvalue weighted by molar-refractivity contribution is 8.76. The lowest BCUT2D eigenvalue weighted by Crippen LogP contribution is -1.98. The molecule has 0 bridgehead atoms. The molecule has 2 aromatic carbocycles. The van der Waals surface area contributed by atoms with E-state index in [0.717, 1.165) is 50.3 Å². The van der Waals surface area contributed by atoms with Crippen molar-refractivity contribution in [3.05, 3.63) is 57.6 Å². The lowest BCUT2D eigenvalue weighted by atomic mass is 10.1. The average Bonchev–Trinajstić information content (AvgIpc) is 2.67. The topological polar surface area (TPSA) is 101 Å². The van der Waals surface area contributed by atoms with E-state index in [9.17, 15) is 20.4 Å². The van der Waals surface area contributed by atoms with Crippen LogP contribution in [0.1, 0.15) is 33.4 Å². The summed E-state index contributed by atoms with van der Waals surface area (Å²) in [4.78, 5) is 1.65. The molecule has 0 aromatic heterocycles.